The predicted octanol–water partition coefficient (Wildman–Crippen LogP) is 3.42. The third-order valence-electron chi connectivity index (χ3n) is 3.76. The van der Waals surface area contributed by atoms with Crippen molar-refractivity contribution in [2.45, 2.75) is 0 Å². The zero-order valence-electron chi connectivity index (χ0n) is 14.0. The molecule has 122 valence electrons. The standard InChI is InChI=1S/C19H20N4O/c1-22(2)15-11-8-14(9-12-15)10-13-18-20-19(23(3)21-18)16-6-4-5-7-17(16)24/h4-13,24H,1-3H3/b13-10+. The summed E-state index contributed by atoms with van der Waals surface area (Å²) in [5, 5.41) is 14.4. The number of phenols is 1. The highest BCUT2D eigenvalue weighted by molar-refractivity contribution is 5.70. The number of benzene rings is 2. The molecule has 0 saturated heterocycles. The fourth-order valence-corrected chi connectivity index (χ4v) is 2.43. The lowest BCUT2D eigenvalue weighted by Crippen LogP contribution is -2.07. The van der Waals surface area contributed by atoms with Crippen LogP contribution >= 0.6 is 0 Å². The number of aromatic hydroxyl groups is 1. The highest BCUT2D eigenvalue weighted by Crippen LogP contribution is 2.26. The van der Waals surface area contributed by atoms with E-state index in [1.165, 1.54) is 0 Å². The van der Waals surface area contributed by atoms with E-state index in [-0.39, 0.29) is 5.75 Å². The molecular weight excluding hydrogens is 300 g/mol. The van der Waals surface area contributed by atoms with Crippen molar-refractivity contribution in [1.82, 2.24) is 14.8 Å². The Labute approximate surface area is 141 Å². The van der Waals surface area contributed by atoms with Crippen molar-refractivity contribution in [2.75, 3.05) is 19.0 Å². The van der Waals surface area contributed by atoms with E-state index >= 15 is 0 Å². The van der Waals surface area contributed by atoms with E-state index in [1.54, 1.807) is 16.8 Å². The molecular formula is C19H20N4O. The zero-order chi connectivity index (χ0) is 17.1. The van der Waals surface area contributed by atoms with Gasteiger partial charge in [-0.15, -0.1) is 0 Å². The number of phenolic OH excluding ortho intramolecular Hbond substituents is 1. The SMILES string of the molecule is CN(C)c1ccc(/C=C/c2nc(-c3ccccc3O)n(C)n2)cc1. The molecule has 2 aromatic carbocycles. The van der Waals surface area contributed by atoms with E-state index in [2.05, 4.69) is 39.2 Å². The summed E-state index contributed by atoms with van der Waals surface area (Å²) in [5.74, 6) is 1.44. The van der Waals surface area contributed by atoms with Crippen LogP contribution in [0.1, 0.15) is 11.4 Å². The molecule has 0 radical (unpaired) electrons. The molecule has 0 unspecified atom stereocenters. The van der Waals surface area contributed by atoms with Crippen LogP contribution in [0, 0.1) is 0 Å². The van der Waals surface area contributed by atoms with E-state index in [9.17, 15) is 5.11 Å². The average Bonchev–Trinajstić information content (AvgIpc) is 2.94. The average molecular weight is 320 g/mol. The van der Waals surface area contributed by atoms with Crippen LogP contribution in [0.4, 0.5) is 5.69 Å². The molecule has 3 rings (SSSR count). The fraction of sp³-hybridized carbons (Fsp3) is 0.158. The number of hydrogen-bond acceptors (Lipinski definition) is 4. The first-order chi connectivity index (χ1) is 11.5. The Balaban J connectivity index is 1.84. The van der Waals surface area contributed by atoms with Crippen LogP contribution in [0.5, 0.6) is 5.75 Å². The number of rotatable bonds is 4. The molecule has 24 heavy (non-hydrogen) atoms. The van der Waals surface area contributed by atoms with Gasteiger partial charge in [0.1, 0.15) is 5.75 Å². The summed E-state index contributed by atoms with van der Waals surface area (Å²) in [7, 11) is 5.85. The summed E-state index contributed by atoms with van der Waals surface area (Å²) in [5.41, 5.74) is 2.91. The minimum absolute atomic E-state index is 0.197. The van der Waals surface area contributed by atoms with Gasteiger partial charge in [0, 0.05) is 26.8 Å². The zero-order valence-corrected chi connectivity index (χ0v) is 14.0. The van der Waals surface area contributed by atoms with Crippen LogP contribution in [0.2, 0.25) is 0 Å². The predicted molar refractivity (Wildman–Crippen MR) is 97.8 cm³/mol. The number of nitrogens with zero attached hydrogens (tertiary/aromatic N) is 4. The fourth-order valence-electron chi connectivity index (χ4n) is 2.43. The van der Waals surface area contributed by atoms with Crippen LogP contribution in [-0.2, 0) is 7.05 Å². The number of anilines is 1. The number of hydrogen-bond donors (Lipinski definition) is 1. The molecule has 5 nitrogen and oxygen atoms in total. The number of aromatic nitrogens is 3. The van der Waals surface area contributed by atoms with Crippen LogP contribution < -0.4 is 4.90 Å². The van der Waals surface area contributed by atoms with Crippen molar-refractivity contribution in [3.05, 3.63) is 59.9 Å². The smallest absolute Gasteiger partial charge is 0.174 e. The van der Waals surface area contributed by atoms with E-state index in [0.29, 0.717) is 17.2 Å². The van der Waals surface area contributed by atoms with Gasteiger partial charge in [0.05, 0.1) is 5.56 Å². The van der Waals surface area contributed by atoms with Gasteiger partial charge in [-0.25, -0.2) is 9.67 Å². The first-order valence-corrected chi connectivity index (χ1v) is 7.69. The molecule has 0 aliphatic carbocycles. The molecule has 0 spiro atoms. The van der Waals surface area contributed by atoms with Gasteiger partial charge >= 0.3 is 0 Å². The maximum Gasteiger partial charge on any atom is 0.174 e. The Kier molecular flexibility index (Phi) is 4.33. The molecule has 1 aromatic heterocycles. The number of para-hydroxylation sites is 1. The largest absolute Gasteiger partial charge is 0.507 e. The maximum atomic E-state index is 9.97. The number of aryl methyl sites for hydroxylation is 1. The van der Waals surface area contributed by atoms with Crippen LogP contribution in [0.25, 0.3) is 23.5 Å². The summed E-state index contributed by atoms with van der Waals surface area (Å²) in [6, 6.07) is 15.4. The van der Waals surface area contributed by atoms with Crippen molar-refractivity contribution < 1.29 is 5.11 Å². The van der Waals surface area contributed by atoms with Crippen LogP contribution in [0.15, 0.2) is 48.5 Å². The van der Waals surface area contributed by atoms with Gasteiger partial charge in [-0.2, -0.15) is 5.10 Å². The second-order valence-electron chi connectivity index (χ2n) is 5.75. The second kappa shape index (κ2) is 6.58. The van der Waals surface area contributed by atoms with Crippen molar-refractivity contribution in [3.63, 3.8) is 0 Å². The summed E-state index contributed by atoms with van der Waals surface area (Å²) in [6.07, 6.45) is 3.84. The minimum Gasteiger partial charge on any atom is -0.507 e. The minimum atomic E-state index is 0.197. The first kappa shape index (κ1) is 15.8. The molecule has 1 heterocycles. The second-order valence-corrected chi connectivity index (χ2v) is 5.75. The Hall–Kier alpha value is -3.08. The molecule has 0 aliphatic heterocycles. The molecule has 1 N–H and O–H groups in total. The third kappa shape index (κ3) is 3.30. The van der Waals surface area contributed by atoms with Gasteiger partial charge in [0.25, 0.3) is 0 Å². The van der Waals surface area contributed by atoms with Crippen LogP contribution in [0.3, 0.4) is 0 Å². The highest BCUT2D eigenvalue weighted by atomic mass is 16.3. The maximum absolute atomic E-state index is 9.97. The lowest BCUT2D eigenvalue weighted by molar-refractivity contribution is 0.476. The lowest BCUT2D eigenvalue weighted by Gasteiger charge is -2.11. The molecule has 0 bridgehead atoms. The summed E-state index contributed by atoms with van der Waals surface area (Å²) >= 11 is 0. The van der Waals surface area contributed by atoms with Gasteiger partial charge in [-0.05, 0) is 35.9 Å². The first-order valence-electron chi connectivity index (χ1n) is 7.69. The quantitative estimate of drug-likeness (QED) is 0.800. The van der Waals surface area contributed by atoms with Crippen molar-refractivity contribution >= 4 is 17.8 Å². The Morgan fingerprint density at radius 3 is 2.38 bits per heavy atom. The highest BCUT2D eigenvalue weighted by Gasteiger charge is 2.11. The summed E-state index contributed by atoms with van der Waals surface area (Å²) in [4.78, 5) is 6.56. The Morgan fingerprint density at radius 1 is 1.00 bits per heavy atom. The van der Waals surface area contributed by atoms with Gasteiger partial charge in [0.2, 0.25) is 0 Å². The summed E-state index contributed by atoms with van der Waals surface area (Å²) in [6.45, 7) is 0. The lowest BCUT2D eigenvalue weighted by atomic mass is 10.2. The molecule has 5 heteroatoms. The van der Waals surface area contributed by atoms with E-state index in [0.717, 1.165) is 11.3 Å². The Morgan fingerprint density at radius 2 is 1.71 bits per heavy atom. The molecule has 0 aliphatic rings. The topological polar surface area (TPSA) is 54.2 Å². The third-order valence-corrected chi connectivity index (χ3v) is 3.76. The Bertz CT molecular complexity index is 863. The van der Waals surface area contributed by atoms with Crippen LogP contribution in [-0.4, -0.2) is 34.0 Å². The van der Waals surface area contributed by atoms with E-state index in [4.69, 9.17) is 0 Å². The van der Waals surface area contributed by atoms with Crippen molar-refractivity contribution in [3.8, 4) is 17.1 Å². The molecule has 3 aromatic rings. The van der Waals surface area contributed by atoms with Crippen molar-refractivity contribution in [1.29, 1.82) is 0 Å². The summed E-state index contributed by atoms with van der Waals surface area (Å²) < 4.78 is 1.67. The molecule has 0 amide bonds. The van der Waals surface area contributed by atoms with E-state index in [1.807, 2.05) is 45.4 Å². The van der Waals surface area contributed by atoms with Gasteiger partial charge in [-0.3, -0.25) is 0 Å². The molecule has 0 saturated carbocycles. The monoisotopic (exact) mass is 320 g/mol. The van der Waals surface area contributed by atoms with Gasteiger partial charge in [0.15, 0.2) is 11.6 Å². The van der Waals surface area contributed by atoms with Crippen molar-refractivity contribution in [2.24, 2.45) is 7.05 Å². The molecule has 0 atom stereocenters. The normalized spacial score (nSPS) is 11.1. The molecule has 0 fully saturated rings. The van der Waals surface area contributed by atoms with Gasteiger partial charge < -0.3 is 10.0 Å². The van der Waals surface area contributed by atoms with E-state index < -0.39 is 0 Å². The van der Waals surface area contributed by atoms with Gasteiger partial charge in [-0.1, -0.05) is 30.3 Å².